The minimum absolute atomic E-state index is 0.525. The lowest BCUT2D eigenvalue weighted by molar-refractivity contribution is 0.426. The lowest BCUT2D eigenvalue weighted by atomic mass is 9.81. The van der Waals surface area contributed by atoms with Gasteiger partial charge < -0.3 is 10.0 Å². The van der Waals surface area contributed by atoms with Crippen LogP contribution in [-0.4, -0.2) is 17.2 Å². The summed E-state index contributed by atoms with van der Waals surface area (Å²) in [6, 6.07) is 41.0. The Hall–Kier alpha value is -2.38. The highest BCUT2D eigenvalue weighted by Gasteiger charge is 2.07. The number of hydrogen-bond donors (Lipinski definition) is 2. The SMILES string of the molecule is Clc1cc(-c2ccccc2)cc(-c2ccccc2)c1.Clc1cc(Br)cc(Br)c1.OB(O)c1ccccc1. The van der Waals surface area contributed by atoms with Gasteiger partial charge in [0.1, 0.15) is 0 Å². The van der Waals surface area contributed by atoms with E-state index in [4.69, 9.17) is 33.2 Å². The van der Waals surface area contributed by atoms with Gasteiger partial charge in [-0.15, -0.1) is 0 Å². The van der Waals surface area contributed by atoms with Gasteiger partial charge >= 0.3 is 7.12 Å². The Morgan fingerprint density at radius 2 is 0.838 bits per heavy atom. The van der Waals surface area contributed by atoms with Gasteiger partial charge in [-0.2, -0.15) is 0 Å². The van der Waals surface area contributed by atoms with Gasteiger partial charge in [0.05, 0.1) is 0 Å². The van der Waals surface area contributed by atoms with Crippen molar-refractivity contribution in [1.82, 2.24) is 0 Å². The number of benzene rings is 5. The van der Waals surface area contributed by atoms with Crippen molar-refractivity contribution in [1.29, 1.82) is 0 Å². The molecule has 7 heteroatoms. The first-order valence-electron chi connectivity index (χ1n) is 11.3. The molecule has 5 rings (SSSR count). The Morgan fingerprint density at radius 1 is 0.459 bits per heavy atom. The third-order valence-corrected chi connectivity index (χ3v) is 6.39. The average molecular weight is 657 g/mol. The van der Waals surface area contributed by atoms with E-state index in [9.17, 15) is 0 Å². The fraction of sp³-hybridized carbons (Fsp3) is 0. The zero-order valence-corrected chi connectivity index (χ0v) is 24.3. The van der Waals surface area contributed by atoms with Crippen LogP contribution in [0.5, 0.6) is 0 Å². The molecule has 0 heterocycles. The summed E-state index contributed by atoms with van der Waals surface area (Å²) >= 11 is 18.5. The first-order chi connectivity index (χ1) is 17.8. The van der Waals surface area contributed by atoms with Crippen LogP contribution < -0.4 is 5.46 Å². The summed E-state index contributed by atoms with van der Waals surface area (Å²) in [4.78, 5) is 0. The average Bonchev–Trinajstić information content (AvgIpc) is 2.90. The standard InChI is InChI=1S/C18H13Cl.C6H7BO2.C6H3Br2Cl/c19-18-12-16(14-7-3-1-4-8-14)11-17(13-18)15-9-5-2-6-10-15;8-7(9)6-4-2-1-3-5-6;7-4-1-5(8)3-6(9)2-4/h1-13H;1-5,8-9H;1-3H. The molecule has 0 aromatic heterocycles. The van der Waals surface area contributed by atoms with Crippen LogP contribution in [0.2, 0.25) is 10.0 Å². The summed E-state index contributed by atoms with van der Waals surface area (Å²) < 4.78 is 1.98. The summed E-state index contributed by atoms with van der Waals surface area (Å²) in [5.41, 5.74) is 5.18. The molecule has 0 spiro atoms. The van der Waals surface area contributed by atoms with Gasteiger partial charge in [0, 0.05) is 19.0 Å². The maximum atomic E-state index is 8.58. The molecule has 2 N–H and O–H groups in total. The minimum atomic E-state index is -1.34. The van der Waals surface area contributed by atoms with Crippen molar-refractivity contribution in [2.45, 2.75) is 0 Å². The van der Waals surface area contributed by atoms with Crippen molar-refractivity contribution >= 4 is 67.6 Å². The molecule has 5 aromatic rings. The molecule has 2 nitrogen and oxygen atoms in total. The van der Waals surface area contributed by atoms with E-state index in [1.165, 1.54) is 11.1 Å². The molecule has 0 aliphatic rings. The molecule has 0 aliphatic heterocycles. The van der Waals surface area contributed by atoms with Crippen molar-refractivity contribution in [3.63, 3.8) is 0 Å². The number of rotatable bonds is 3. The second-order valence-electron chi connectivity index (χ2n) is 7.83. The first kappa shape index (κ1) is 29.2. The monoisotopic (exact) mass is 654 g/mol. The third-order valence-electron chi connectivity index (χ3n) is 5.04. The lowest BCUT2D eigenvalue weighted by Gasteiger charge is -2.07. The topological polar surface area (TPSA) is 40.5 Å². The van der Waals surface area contributed by atoms with E-state index in [1.54, 1.807) is 24.3 Å². The zero-order chi connectivity index (χ0) is 26.6. The summed E-state index contributed by atoms with van der Waals surface area (Å²) in [7, 11) is -1.34. The smallest absolute Gasteiger partial charge is 0.423 e. The van der Waals surface area contributed by atoms with Crippen molar-refractivity contribution in [2.24, 2.45) is 0 Å². The highest BCUT2D eigenvalue weighted by molar-refractivity contribution is 9.11. The van der Waals surface area contributed by atoms with Crippen LogP contribution in [0.25, 0.3) is 22.3 Å². The van der Waals surface area contributed by atoms with Gasteiger partial charge in [0.15, 0.2) is 0 Å². The predicted octanol–water partition coefficient (Wildman–Crippen LogP) is 8.91. The molecule has 0 bridgehead atoms. The maximum Gasteiger partial charge on any atom is 0.488 e. The molecule has 0 fully saturated rings. The Balaban J connectivity index is 0.000000176. The molecular formula is C30H23BBr2Cl2O2. The molecule has 0 aliphatic carbocycles. The number of halogens is 4. The van der Waals surface area contributed by atoms with Crippen LogP contribution in [0.15, 0.2) is 136 Å². The predicted molar refractivity (Wildman–Crippen MR) is 165 cm³/mol. The fourth-order valence-corrected chi connectivity index (χ4v) is 5.36. The Morgan fingerprint density at radius 3 is 1.19 bits per heavy atom. The quantitative estimate of drug-likeness (QED) is 0.191. The van der Waals surface area contributed by atoms with Gasteiger partial charge in [-0.25, -0.2) is 0 Å². The Kier molecular flexibility index (Phi) is 11.9. The zero-order valence-electron chi connectivity index (χ0n) is 19.6. The van der Waals surface area contributed by atoms with Gasteiger partial charge in [0.2, 0.25) is 0 Å². The van der Waals surface area contributed by atoms with Crippen molar-refractivity contribution in [3.8, 4) is 22.3 Å². The van der Waals surface area contributed by atoms with Crippen LogP contribution in [0.4, 0.5) is 0 Å². The van der Waals surface area contributed by atoms with E-state index in [0.29, 0.717) is 5.46 Å². The van der Waals surface area contributed by atoms with Crippen LogP contribution in [0.1, 0.15) is 0 Å². The van der Waals surface area contributed by atoms with Crippen LogP contribution in [-0.2, 0) is 0 Å². The highest BCUT2D eigenvalue weighted by atomic mass is 79.9. The van der Waals surface area contributed by atoms with Crippen molar-refractivity contribution in [3.05, 3.63) is 146 Å². The summed E-state index contributed by atoms with van der Waals surface area (Å²) in [5, 5.41) is 18.7. The second kappa shape index (κ2) is 15.1. The maximum absolute atomic E-state index is 8.58. The van der Waals surface area contributed by atoms with E-state index in [0.717, 1.165) is 30.1 Å². The fourth-order valence-electron chi connectivity index (χ4n) is 3.33. The molecule has 0 unspecified atom stereocenters. The number of hydrogen-bond acceptors (Lipinski definition) is 2. The lowest BCUT2D eigenvalue weighted by Crippen LogP contribution is -2.29. The van der Waals surface area contributed by atoms with Gasteiger partial charge in [-0.1, -0.05) is 146 Å². The molecule has 0 amide bonds. The van der Waals surface area contributed by atoms with E-state index in [1.807, 2.05) is 72.8 Å². The van der Waals surface area contributed by atoms with Crippen LogP contribution in [0.3, 0.4) is 0 Å². The van der Waals surface area contributed by atoms with E-state index in [2.05, 4.69) is 62.2 Å². The second-order valence-corrected chi connectivity index (χ2v) is 10.5. The summed E-state index contributed by atoms with van der Waals surface area (Å²) in [5.74, 6) is 0. The summed E-state index contributed by atoms with van der Waals surface area (Å²) in [6.45, 7) is 0. The summed E-state index contributed by atoms with van der Waals surface area (Å²) in [6.07, 6.45) is 0. The van der Waals surface area contributed by atoms with Crippen LogP contribution in [0, 0.1) is 0 Å². The molecule has 5 aromatic carbocycles. The van der Waals surface area contributed by atoms with E-state index >= 15 is 0 Å². The van der Waals surface area contributed by atoms with Gasteiger partial charge in [-0.3, -0.25) is 0 Å². The molecule has 186 valence electrons. The van der Waals surface area contributed by atoms with Crippen molar-refractivity contribution < 1.29 is 10.0 Å². The Labute approximate surface area is 244 Å². The molecule has 0 saturated carbocycles. The molecule has 0 atom stereocenters. The normalized spacial score (nSPS) is 9.89. The molecule has 0 saturated heterocycles. The van der Waals surface area contributed by atoms with Gasteiger partial charge in [0.25, 0.3) is 0 Å². The third kappa shape index (κ3) is 10.1. The minimum Gasteiger partial charge on any atom is -0.423 e. The molecular weight excluding hydrogens is 634 g/mol. The van der Waals surface area contributed by atoms with Crippen LogP contribution >= 0.6 is 55.1 Å². The molecule has 0 radical (unpaired) electrons. The Bertz CT molecular complexity index is 1280. The van der Waals surface area contributed by atoms with E-state index < -0.39 is 7.12 Å². The van der Waals surface area contributed by atoms with E-state index in [-0.39, 0.29) is 0 Å². The first-order valence-corrected chi connectivity index (χ1v) is 13.6. The van der Waals surface area contributed by atoms with Gasteiger partial charge in [-0.05, 0) is 64.1 Å². The van der Waals surface area contributed by atoms with Crippen molar-refractivity contribution in [2.75, 3.05) is 0 Å². The molecule has 37 heavy (non-hydrogen) atoms. The highest BCUT2D eigenvalue weighted by Crippen LogP contribution is 2.30. The largest absolute Gasteiger partial charge is 0.488 e.